The van der Waals surface area contributed by atoms with Gasteiger partial charge < -0.3 is 5.32 Å². The monoisotopic (exact) mass is 289 g/mol. The summed E-state index contributed by atoms with van der Waals surface area (Å²) in [6.07, 6.45) is 0. The molecule has 0 bridgehead atoms. The largest absolute Gasteiger partial charge is 0.375 e. The Kier molecular flexibility index (Phi) is 4.09. The molecule has 0 amide bonds. The summed E-state index contributed by atoms with van der Waals surface area (Å²) < 4.78 is 26.2. The molecule has 0 radical (unpaired) electrons. The van der Waals surface area contributed by atoms with Crippen molar-refractivity contribution in [2.24, 2.45) is 0 Å². The van der Waals surface area contributed by atoms with E-state index in [4.69, 9.17) is 5.26 Å². The van der Waals surface area contributed by atoms with Crippen LogP contribution >= 0.6 is 0 Å². The number of nitro benzene ring substituents is 1. The molecule has 21 heavy (non-hydrogen) atoms. The van der Waals surface area contributed by atoms with Crippen molar-refractivity contribution in [3.05, 3.63) is 69.3 Å². The van der Waals surface area contributed by atoms with Gasteiger partial charge >= 0.3 is 0 Å². The molecule has 0 unspecified atom stereocenters. The van der Waals surface area contributed by atoms with Gasteiger partial charge in [0.1, 0.15) is 23.4 Å². The average Bonchev–Trinajstić information content (AvgIpc) is 2.47. The van der Waals surface area contributed by atoms with Gasteiger partial charge in [-0.05, 0) is 29.8 Å². The molecule has 0 aromatic heterocycles. The van der Waals surface area contributed by atoms with Crippen LogP contribution in [0.4, 0.5) is 20.2 Å². The van der Waals surface area contributed by atoms with E-state index < -0.39 is 22.2 Å². The molecule has 0 saturated heterocycles. The van der Waals surface area contributed by atoms with E-state index in [0.29, 0.717) is 5.56 Å². The Labute approximate surface area is 118 Å². The van der Waals surface area contributed by atoms with Crippen LogP contribution in [0, 0.1) is 33.1 Å². The summed E-state index contributed by atoms with van der Waals surface area (Å²) in [6.45, 7) is 0.140. The predicted molar refractivity (Wildman–Crippen MR) is 71.5 cm³/mol. The minimum atomic E-state index is -0.708. The Morgan fingerprint density at radius 2 is 2.00 bits per heavy atom. The maximum atomic E-state index is 13.2. The van der Waals surface area contributed by atoms with Crippen LogP contribution in [-0.2, 0) is 6.54 Å². The normalized spacial score (nSPS) is 9.95. The molecule has 1 N–H and O–H groups in total. The number of nitriles is 1. The number of hydrogen-bond donors (Lipinski definition) is 1. The predicted octanol–water partition coefficient (Wildman–Crippen LogP) is 3.36. The van der Waals surface area contributed by atoms with Gasteiger partial charge in [0.25, 0.3) is 5.69 Å². The fourth-order valence-electron chi connectivity index (χ4n) is 1.77. The fourth-order valence-corrected chi connectivity index (χ4v) is 1.77. The lowest BCUT2D eigenvalue weighted by Crippen LogP contribution is -2.03. The molecule has 0 aliphatic rings. The van der Waals surface area contributed by atoms with Crippen LogP contribution in [0.1, 0.15) is 11.1 Å². The van der Waals surface area contributed by atoms with E-state index in [1.54, 1.807) is 6.07 Å². The Bertz CT molecular complexity index is 741. The second-order valence-electron chi connectivity index (χ2n) is 4.20. The number of nitrogens with one attached hydrogen (secondary N) is 1. The number of anilines is 1. The molecule has 0 aliphatic heterocycles. The lowest BCUT2D eigenvalue weighted by molar-refractivity contribution is -0.384. The van der Waals surface area contributed by atoms with Crippen molar-refractivity contribution in [3.63, 3.8) is 0 Å². The van der Waals surface area contributed by atoms with Crippen LogP contribution in [0.15, 0.2) is 36.4 Å². The van der Waals surface area contributed by atoms with Crippen molar-refractivity contribution < 1.29 is 13.7 Å². The first-order chi connectivity index (χ1) is 10.0. The number of benzene rings is 2. The zero-order valence-electron chi connectivity index (χ0n) is 10.6. The molecule has 5 nitrogen and oxygen atoms in total. The molecule has 0 saturated carbocycles. The SMILES string of the molecule is N#Cc1cc(CNc2ccc(F)cc2[N+](=O)[O-])ccc1F. The van der Waals surface area contributed by atoms with Crippen molar-refractivity contribution in [2.75, 3.05) is 5.32 Å². The zero-order chi connectivity index (χ0) is 15.4. The summed E-state index contributed by atoms with van der Waals surface area (Å²) >= 11 is 0. The molecule has 2 rings (SSSR count). The van der Waals surface area contributed by atoms with Crippen LogP contribution in [0.5, 0.6) is 0 Å². The van der Waals surface area contributed by atoms with Crippen LogP contribution in [0.2, 0.25) is 0 Å². The highest BCUT2D eigenvalue weighted by Gasteiger charge is 2.14. The molecule has 2 aromatic carbocycles. The average molecular weight is 289 g/mol. The van der Waals surface area contributed by atoms with Gasteiger partial charge in [0.05, 0.1) is 16.6 Å². The lowest BCUT2D eigenvalue weighted by Gasteiger charge is -2.08. The van der Waals surface area contributed by atoms with E-state index >= 15 is 0 Å². The number of nitro groups is 1. The highest BCUT2D eigenvalue weighted by molar-refractivity contribution is 5.61. The van der Waals surface area contributed by atoms with E-state index in [1.165, 1.54) is 18.2 Å². The van der Waals surface area contributed by atoms with Crippen molar-refractivity contribution >= 4 is 11.4 Å². The first-order valence-electron chi connectivity index (χ1n) is 5.87. The van der Waals surface area contributed by atoms with Gasteiger partial charge in [-0.25, -0.2) is 8.78 Å². The Hall–Kier alpha value is -3.01. The zero-order valence-corrected chi connectivity index (χ0v) is 10.6. The van der Waals surface area contributed by atoms with Gasteiger partial charge in [0.15, 0.2) is 0 Å². The first-order valence-corrected chi connectivity index (χ1v) is 5.87. The second kappa shape index (κ2) is 5.96. The molecule has 0 atom stereocenters. The van der Waals surface area contributed by atoms with Crippen molar-refractivity contribution in [1.82, 2.24) is 0 Å². The maximum absolute atomic E-state index is 13.2. The molecule has 7 heteroatoms. The van der Waals surface area contributed by atoms with Crippen molar-refractivity contribution in [3.8, 4) is 6.07 Å². The van der Waals surface area contributed by atoms with E-state index in [-0.39, 0.29) is 17.8 Å². The number of halogens is 2. The Balaban J connectivity index is 2.21. The Morgan fingerprint density at radius 1 is 1.24 bits per heavy atom. The molecule has 2 aromatic rings. The van der Waals surface area contributed by atoms with Crippen LogP contribution < -0.4 is 5.32 Å². The second-order valence-corrected chi connectivity index (χ2v) is 4.20. The summed E-state index contributed by atoms with van der Waals surface area (Å²) in [5.74, 6) is -1.34. The van der Waals surface area contributed by atoms with Crippen LogP contribution in [0.25, 0.3) is 0 Å². The quantitative estimate of drug-likeness (QED) is 0.691. The molecule has 0 aliphatic carbocycles. The van der Waals surface area contributed by atoms with Crippen LogP contribution in [0.3, 0.4) is 0 Å². The summed E-state index contributed by atoms with van der Waals surface area (Å²) in [6, 6.07) is 8.82. The maximum Gasteiger partial charge on any atom is 0.295 e. The first kappa shape index (κ1) is 14.4. The summed E-state index contributed by atoms with van der Waals surface area (Å²) in [5.41, 5.74) is 0.219. The Morgan fingerprint density at radius 3 is 2.67 bits per heavy atom. The van der Waals surface area contributed by atoms with Crippen molar-refractivity contribution in [2.45, 2.75) is 6.54 Å². The third kappa shape index (κ3) is 3.30. The van der Waals surface area contributed by atoms with Gasteiger partial charge in [-0.1, -0.05) is 6.07 Å². The van der Waals surface area contributed by atoms with E-state index in [9.17, 15) is 18.9 Å². The van der Waals surface area contributed by atoms with E-state index in [2.05, 4.69) is 5.32 Å². The number of nitrogens with zero attached hydrogens (tertiary/aromatic N) is 2. The highest BCUT2D eigenvalue weighted by Crippen LogP contribution is 2.25. The molecule has 0 heterocycles. The van der Waals surface area contributed by atoms with E-state index in [1.807, 2.05) is 0 Å². The van der Waals surface area contributed by atoms with Crippen LogP contribution in [-0.4, -0.2) is 4.92 Å². The van der Waals surface area contributed by atoms with Gasteiger partial charge in [-0.15, -0.1) is 0 Å². The topological polar surface area (TPSA) is 79.0 Å². The van der Waals surface area contributed by atoms with Gasteiger partial charge in [-0.3, -0.25) is 10.1 Å². The molecule has 0 fully saturated rings. The lowest BCUT2D eigenvalue weighted by atomic mass is 10.1. The summed E-state index contributed by atoms with van der Waals surface area (Å²) in [5, 5.41) is 22.3. The highest BCUT2D eigenvalue weighted by atomic mass is 19.1. The minimum absolute atomic E-state index is 0.108. The summed E-state index contributed by atoms with van der Waals surface area (Å²) in [7, 11) is 0. The minimum Gasteiger partial charge on any atom is -0.375 e. The van der Waals surface area contributed by atoms with E-state index in [0.717, 1.165) is 18.2 Å². The number of hydrogen-bond acceptors (Lipinski definition) is 4. The summed E-state index contributed by atoms with van der Waals surface area (Å²) in [4.78, 5) is 10.1. The number of rotatable bonds is 4. The third-order valence-corrected chi connectivity index (χ3v) is 2.79. The fraction of sp³-hybridized carbons (Fsp3) is 0.0714. The smallest absolute Gasteiger partial charge is 0.295 e. The third-order valence-electron chi connectivity index (χ3n) is 2.79. The van der Waals surface area contributed by atoms with Crippen molar-refractivity contribution in [1.29, 1.82) is 5.26 Å². The van der Waals surface area contributed by atoms with Gasteiger partial charge in [-0.2, -0.15) is 5.26 Å². The standard InChI is InChI=1S/C14H9F2N3O2/c15-11-2-4-13(14(6-11)19(20)21)18-8-9-1-3-12(16)10(5-9)7-17/h1-6,18H,8H2. The van der Waals surface area contributed by atoms with Gasteiger partial charge in [0.2, 0.25) is 0 Å². The molecular formula is C14H9F2N3O2. The van der Waals surface area contributed by atoms with Gasteiger partial charge in [0, 0.05) is 6.54 Å². The molecular weight excluding hydrogens is 280 g/mol. The molecule has 106 valence electrons. The molecule has 0 spiro atoms.